The Balaban J connectivity index is 1.48. The highest BCUT2D eigenvalue weighted by atomic mass is 35.5. The van der Waals surface area contributed by atoms with Gasteiger partial charge < -0.3 is 10.2 Å². The number of hydrogen-bond donors (Lipinski definition) is 1. The van der Waals surface area contributed by atoms with E-state index in [9.17, 15) is 9.59 Å². The Morgan fingerprint density at radius 1 is 0.839 bits per heavy atom. The fourth-order valence-corrected chi connectivity index (χ4v) is 4.13. The van der Waals surface area contributed by atoms with Crippen molar-refractivity contribution in [1.82, 2.24) is 4.98 Å². The van der Waals surface area contributed by atoms with Crippen molar-refractivity contribution in [3.8, 4) is 22.4 Å². The van der Waals surface area contributed by atoms with Crippen molar-refractivity contribution in [3.63, 3.8) is 0 Å². The van der Waals surface area contributed by atoms with Gasteiger partial charge in [-0.1, -0.05) is 35.9 Å². The van der Waals surface area contributed by atoms with Crippen LogP contribution in [0, 0.1) is 0 Å². The number of aromatic nitrogens is 1. The topological polar surface area (TPSA) is 62.3 Å². The summed E-state index contributed by atoms with van der Waals surface area (Å²) in [6.07, 6.45) is 2.38. The van der Waals surface area contributed by atoms with Crippen molar-refractivity contribution in [1.29, 1.82) is 0 Å². The number of anilines is 3. The summed E-state index contributed by atoms with van der Waals surface area (Å²) in [5.41, 5.74) is 2.87. The highest BCUT2D eigenvalue weighted by molar-refractivity contribution is 6.30. The van der Waals surface area contributed by atoms with Crippen LogP contribution in [0.1, 0.15) is 12.8 Å². The molecule has 1 fully saturated rings. The summed E-state index contributed by atoms with van der Waals surface area (Å²) >= 11 is 5.93. The van der Waals surface area contributed by atoms with Gasteiger partial charge >= 0.3 is 0 Å². The van der Waals surface area contributed by atoms with Gasteiger partial charge in [0.2, 0.25) is 5.43 Å². The summed E-state index contributed by atoms with van der Waals surface area (Å²) in [5.74, 6) is 0.972. The summed E-state index contributed by atoms with van der Waals surface area (Å²) in [5, 5.41) is 3.67. The van der Waals surface area contributed by atoms with Crippen molar-refractivity contribution >= 4 is 28.8 Å². The van der Waals surface area contributed by atoms with E-state index >= 15 is 0 Å². The molecule has 5 rings (SSSR count). The molecule has 0 bridgehead atoms. The van der Waals surface area contributed by atoms with Crippen LogP contribution in [0.3, 0.4) is 0 Å². The van der Waals surface area contributed by atoms with Crippen LogP contribution in [0.25, 0.3) is 22.4 Å². The van der Waals surface area contributed by atoms with Gasteiger partial charge in [0.25, 0.3) is 5.43 Å². The summed E-state index contributed by atoms with van der Waals surface area (Å²) in [6, 6.07) is 20.6. The average molecular weight is 430 g/mol. The molecule has 0 amide bonds. The van der Waals surface area contributed by atoms with Crippen LogP contribution in [0.4, 0.5) is 17.2 Å². The quantitative estimate of drug-likeness (QED) is 0.452. The summed E-state index contributed by atoms with van der Waals surface area (Å²) in [6.45, 7) is 2.05. The summed E-state index contributed by atoms with van der Waals surface area (Å²) in [7, 11) is 0. The third-order valence-electron chi connectivity index (χ3n) is 5.64. The van der Waals surface area contributed by atoms with Crippen molar-refractivity contribution < 1.29 is 0 Å². The van der Waals surface area contributed by atoms with E-state index in [2.05, 4.69) is 10.2 Å². The van der Waals surface area contributed by atoms with E-state index in [1.165, 1.54) is 12.8 Å². The lowest BCUT2D eigenvalue weighted by Gasteiger charge is -2.17. The van der Waals surface area contributed by atoms with Crippen LogP contribution in [-0.2, 0) is 0 Å². The molecule has 0 unspecified atom stereocenters. The lowest BCUT2D eigenvalue weighted by Crippen LogP contribution is -2.35. The minimum atomic E-state index is -0.510. The third kappa shape index (κ3) is 3.73. The molecule has 2 heterocycles. The average Bonchev–Trinajstić information content (AvgIpc) is 3.35. The van der Waals surface area contributed by atoms with Gasteiger partial charge in [0.1, 0.15) is 11.5 Å². The third-order valence-corrected chi connectivity index (χ3v) is 5.89. The maximum atomic E-state index is 12.4. The molecule has 1 N–H and O–H groups in total. The fraction of sp³-hybridized carbons (Fsp3) is 0.160. The number of rotatable bonds is 5. The Morgan fingerprint density at radius 2 is 1.55 bits per heavy atom. The van der Waals surface area contributed by atoms with Crippen LogP contribution >= 0.6 is 11.6 Å². The largest absolute Gasteiger partial charge is 0.357 e. The van der Waals surface area contributed by atoms with Gasteiger partial charge in [0.05, 0.1) is 11.3 Å². The van der Waals surface area contributed by atoms with E-state index in [-0.39, 0.29) is 0 Å². The molecule has 0 spiro atoms. The molecule has 0 radical (unpaired) electrons. The zero-order valence-corrected chi connectivity index (χ0v) is 17.5. The first kappa shape index (κ1) is 19.5. The van der Waals surface area contributed by atoms with E-state index in [0.29, 0.717) is 27.5 Å². The van der Waals surface area contributed by atoms with E-state index in [1.807, 2.05) is 42.5 Å². The van der Waals surface area contributed by atoms with Gasteiger partial charge in [-0.3, -0.25) is 9.59 Å². The van der Waals surface area contributed by atoms with Crippen LogP contribution in [0.5, 0.6) is 0 Å². The number of nitrogens with zero attached hydrogens (tertiary/aromatic N) is 2. The molecule has 0 saturated carbocycles. The van der Waals surface area contributed by atoms with Gasteiger partial charge in [-0.25, -0.2) is 4.98 Å². The highest BCUT2D eigenvalue weighted by Gasteiger charge is 2.23. The highest BCUT2D eigenvalue weighted by Crippen LogP contribution is 2.31. The molecule has 0 atom stereocenters. The monoisotopic (exact) mass is 429 g/mol. The number of pyridine rings is 1. The molecular formula is C25H20ClN3O2. The van der Waals surface area contributed by atoms with Gasteiger partial charge in [-0.05, 0) is 60.9 Å². The number of benzene rings is 2. The minimum absolute atomic E-state index is 0.309. The Bertz CT molecular complexity index is 1320. The Morgan fingerprint density at radius 3 is 2.32 bits per heavy atom. The Hall–Kier alpha value is -3.44. The number of hydrogen-bond acceptors (Lipinski definition) is 5. The second-order valence-electron chi connectivity index (χ2n) is 7.70. The summed E-state index contributed by atoms with van der Waals surface area (Å²) in [4.78, 5) is 31.8. The molecule has 1 aliphatic rings. The second-order valence-corrected chi connectivity index (χ2v) is 8.13. The van der Waals surface area contributed by atoms with Gasteiger partial charge in [0.15, 0.2) is 0 Å². The molecule has 6 heteroatoms. The SMILES string of the molecule is O=c1c(Nc2ccc(Cl)cc2)c(-c2cccc(-c3cccc(N4CCCC4)n3)c2)c1=O. The predicted molar refractivity (Wildman–Crippen MR) is 126 cm³/mol. The van der Waals surface area contributed by atoms with E-state index in [0.717, 1.165) is 30.2 Å². The molecular weight excluding hydrogens is 410 g/mol. The number of halogens is 1. The lowest BCUT2D eigenvalue weighted by molar-refractivity contribution is 0.939. The maximum absolute atomic E-state index is 12.4. The molecule has 1 saturated heterocycles. The Kier molecular flexibility index (Phi) is 5.04. The van der Waals surface area contributed by atoms with Crippen LogP contribution < -0.4 is 21.1 Å². The zero-order valence-electron chi connectivity index (χ0n) is 16.8. The lowest BCUT2D eigenvalue weighted by atomic mass is 9.96. The van der Waals surface area contributed by atoms with Crippen molar-refractivity contribution in [2.45, 2.75) is 12.8 Å². The molecule has 31 heavy (non-hydrogen) atoms. The maximum Gasteiger partial charge on any atom is 0.250 e. The fourth-order valence-electron chi connectivity index (χ4n) is 4.00. The van der Waals surface area contributed by atoms with Crippen molar-refractivity contribution in [2.75, 3.05) is 23.3 Å². The Labute approximate surface area is 184 Å². The molecule has 0 aliphatic carbocycles. The van der Waals surface area contributed by atoms with Crippen LogP contribution in [0.15, 0.2) is 76.3 Å². The molecule has 1 aromatic heterocycles. The first-order chi connectivity index (χ1) is 15.1. The first-order valence-electron chi connectivity index (χ1n) is 10.3. The molecule has 4 aromatic rings. The smallest absolute Gasteiger partial charge is 0.250 e. The van der Waals surface area contributed by atoms with E-state index < -0.39 is 10.9 Å². The van der Waals surface area contributed by atoms with Crippen LogP contribution in [-0.4, -0.2) is 18.1 Å². The molecule has 1 aliphatic heterocycles. The molecule has 154 valence electrons. The molecule has 5 nitrogen and oxygen atoms in total. The second kappa shape index (κ2) is 8.00. The normalized spacial score (nSPS) is 13.6. The first-order valence-corrected chi connectivity index (χ1v) is 10.7. The van der Waals surface area contributed by atoms with E-state index in [4.69, 9.17) is 16.6 Å². The minimum Gasteiger partial charge on any atom is -0.357 e. The number of nitrogens with one attached hydrogen (secondary N) is 1. The van der Waals surface area contributed by atoms with Crippen molar-refractivity contribution in [3.05, 3.63) is 92.2 Å². The zero-order chi connectivity index (χ0) is 21.4. The summed E-state index contributed by atoms with van der Waals surface area (Å²) < 4.78 is 0. The van der Waals surface area contributed by atoms with Gasteiger partial charge in [-0.2, -0.15) is 0 Å². The predicted octanol–water partition coefficient (Wildman–Crippen LogP) is 5.01. The standard InChI is InChI=1S/C25H20ClN3O2/c26-18-9-11-19(12-10-18)27-23-22(24(30)25(23)31)17-6-3-5-16(15-17)20-7-4-8-21(28-20)29-13-1-2-14-29/h3-12,15,27H,1-2,13-14H2. The van der Waals surface area contributed by atoms with Crippen LogP contribution in [0.2, 0.25) is 5.02 Å². The van der Waals surface area contributed by atoms with E-state index in [1.54, 1.807) is 24.3 Å². The van der Waals surface area contributed by atoms with Gasteiger partial charge in [0, 0.05) is 29.4 Å². The van der Waals surface area contributed by atoms with Gasteiger partial charge in [-0.15, -0.1) is 0 Å². The molecule has 3 aromatic carbocycles. The van der Waals surface area contributed by atoms with Crippen molar-refractivity contribution in [2.24, 2.45) is 0 Å².